The molecule has 0 aliphatic carbocycles. The third-order valence-corrected chi connectivity index (χ3v) is 4.16. The van der Waals surface area contributed by atoms with Crippen molar-refractivity contribution in [2.45, 2.75) is 46.1 Å². The van der Waals surface area contributed by atoms with Crippen LogP contribution in [0.4, 0.5) is 0 Å². The van der Waals surface area contributed by atoms with E-state index in [0.29, 0.717) is 25.5 Å². The molecule has 0 aliphatic rings. The summed E-state index contributed by atoms with van der Waals surface area (Å²) in [6, 6.07) is 7.60. The van der Waals surface area contributed by atoms with Crippen LogP contribution in [0.2, 0.25) is 0 Å². The van der Waals surface area contributed by atoms with Crippen LogP contribution in [0.3, 0.4) is 0 Å². The van der Waals surface area contributed by atoms with E-state index in [4.69, 9.17) is 4.74 Å². The summed E-state index contributed by atoms with van der Waals surface area (Å²) in [5.41, 5.74) is 0.832. The lowest BCUT2D eigenvalue weighted by atomic mass is 10.0. The molecule has 1 atom stereocenters. The van der Waals surface area contributed by atoms with Gasteiger partial charge in [-0.1, -0.05) is 38.8 Å². The molecular formula is C18H29NO3. The van der Waals surface area contributed by atoms with Gasteiger partial charge in [-0.2, -0.15) is 0 Å². The Morgan fingerprint density at radius 2 is 2.00 bits per heavy atom. The lowest BCUT2D eigenvalue weighted by Gasteiger charge is -2.18. The van der Waals surface area contributed by atoms with E-state index in [1.807, 2.05) is 24.3 Å². The lowest BCUT2D eigenvalue weighted by Crippen LogP contribution is -2.26. The number of nitrogens with zero attached hydrogens (tertiary/aromatic N) is 1. The Kier molecular flexibility index (Phi) is 7.96. The van der Waals surface area contributed by atoms with E-state index < -0.39 is 6.10 Å². The maximum absolute atomic E-state index is 11.2. The van der Waals surface area contributed by atoms with Crippen LogP contribution in [0.1, 0.15) is 51.7 Å². The van der Waals surface area contributed by atoms with Gasteiger partial charge in [0.2, 0.25) is 5.91 Å². The first-order valence-corrected chi connectivity index (χ1v) is 8.10. The van der Waals surface area contributed by atoms with Gasteiger partial charge in [0, 0.05) is 20.5 Å². The second-order valence-electron chi connectivity index (χ2n) is 5.81. The van der Waals surface area contributed by atoms with Gasteiger partial charge in [0.05, 0.1) is 12.7 Å². The largest absolute Gasteiger partial charge is 0.493 e. The van der Waals surface area contributed by atoms with Crippen molar-refractivity contribution in [2.24, 2.45) is 5.92 Å². The maximum atomic E-state index is 11.2. The van der Waals surface area contributed by atoms with E-state index in [-0.39, 0.29) is 5.91 Å². The Labute approximate surface area is 134 Å². The van der Waals surface area contributed by atoms with Crippen LogP contribution in [0.15, 0.2) is 24.3 Å². The summed E-state index contributed by atoms with van der Waals surface area (Å²) in [6.45, 7) is 7.11. The summed E-state index contributed by atoms with van der Waals surface area (Å²) in [7, 11) is 1.74. The summed E-state index contributed by atoms with van der Waals surface area (Å²) in [4.78, 5) is 12.8. The van der Waals surface area contributed by atoms with Crippen LogP contribution in [0.25, 0.3) is 0 Å². The van der Waals surface area contributed by atoms with E-state index in [1.165, 1.54) is 6.92 Å². The molecule has 0 radical (unpaired) electrons. The van der Waals surface area contributed by atoms with Crippen molar-refractivity contribution in [1.82, 2.24) is 4.90 Å². The Morgan fingerprint density at radius 1 is 1.32 bits per heavy atom. The average molecular weight is 307 g/mol. The number of rotatable bonds is 9. The molecule has 1 amide bonds. The highest BCUT2D eigenvalue weighted by molar-refractivity contribution is 5.72. The average Bonchev–Trinajstić information content (AvgIpc) is 2.53. The Balaban J connectivity index is 2.57. The molecule has 0 saturated heterocycles. The van der Waals surface area contributed by atoms with Gasteiger partial charge in [-0.3, -0.25) is 4.79 Å². The smallest absolute Gasteiger partial charge is 0.219 e. The Hall–Kier alpha value is -1.55. The van der Waals surface area contributed by atoms with Crippen molar-refractivity contribution in [2.75, 3.05) is 20.2 Å². The molecule has 1 aromatic carbocycles. The van der Waals surface area contributed by atoms with Gasteiger partial charge in [-0.25, -0.2) is 0 Å². The Morgan fingerprint density at radius 3 is 2.59 bits per heavy atom. The minimum Gasteiger partial charge on any atom is -0.493 e. The molecule has 4 heteroatoms. The molecule has 4 nitrogen and oxygen atoms in total. The van der Waals surface area contributed by atoms with Gasteiger partial charge in [0.25, 0.3) is 0 Å². The fourth-order valence-electron chi connectivity index (χ4n) is 2.19. The third-order valence-electron chi connectivity index (χ3n) is 4.16. The van der Waals surface area contributed by atoms with Gasteiger partial charge in [-0.15, -0.1) is 0 Å². The van der Waals surface area contributed by atoms with Gasteiger partial charge in [-0.05, 0) is 30.0 Å². The minimum atomic E-state index is -0.585. The lowest BCUT2D eigenvalue weighted by molar-refractivity contribution is -0.127. The zero-order valence-electron chi connectivity index (χ0n) is 14.2. The van der Waals surface area contributed by atoms with E-state index in [2.05, 4.69) is 13.8 Å². The number of aliphatic hydroxyl groups is 1. The van der Waals surface area contributed by atoms with Gasteiger partial charge in [0.1, 0.15) is 5.75 Å². The highest BCUT2D eigenvalue weighted by Gasteiger charge is 2.12. The topological polar surface area (TPSA) is 49.8 Å². The molecule has 0 heterocycles. The summed E-state index contributed by atoms with van der Waals surface area (Å²) in [6.07, 6.45) is 2.15. The molecule has 0 saturated carbocycles. The minimum absolute atomic E-state index is 0.00876. The van der Waals surface area contributed by atoms with Crippen molar-refractivity contribution in [3.05, 3.63) is 29.8 Å². The van der Waals surface area contributed by atoms with Gasteiger partial charge < -0.3 is 14.7 Å². The fraction of sp³-hybridized carbons (Fsp3) is 0.611. The molecule has 0 spiro atoms. The second kappa shape index (κ2) is 9.46. The molecule has 0 fully saturated rings. The van der Waals surface area contributed by atoms with Crippen molar-refractivity contribution in [1.29, 1.82) is 0 Å². The van der Waals surface area contributed by atoms with Crippen LogP contribution < -0.4 is 4.74 Å². The molecule has 0 bridgehead atoms. The maximum Gasteiger partial charge on any atom is 0.219 e. The van der Waals surface area contributed by atoms with E-state index in [9.17, 15) is 9.90 Å². The normalized spacial score (nSPS) is 12.3. The van der Waals surface area contributed by atoms with E-state index >= 15 is 0 Å². The molecule has 1 N–H and O–H groups in total. The molecular weight excluding hydrogens is 278 g/mol. The quantitative estimate of drug-likeness (QED) is 0.760. The number of ether oxygens (including phenoxy) is 1. The zero-order valence-corrected chi connectivity index (χ0v) is 14.2. The highest BCUT2D eigenvalue weighted by atomic mass is 16.5. The van der Waals surface area contributed by atoms with Crippen LogP contribution in [0.5, 0.6) is 5.75 Å². The van der Waals surface area contributed by atoms with Gasteiger partial charge >= 0.3 is 0 Å². The fourth-order valence-corrected chi connectivity index (χ4v) is 2.19. The summed E-state index contributed by atoms with van der Waals surface area (Å²) in [5, 5.41) is 10.3. The third kappa shape index (κ3) is 6.06. The standard InChI is InChI=1S/C18H29NO3/c1-5-15(6-2)13-22-17-9-7-8-16(12-17)18(21)10-11-19(4)14(3)20/h7-9,12,15,18,21H,5-6,10-11,13H2,1-4H3. The van der Waals surface area contributed by atoms with E-state index in [1.54, 1.807) is 11.9 Å². The zero-order chi connectivity index (χ0) is 16.5. The highest BCUT2D eigenvalue weighted by Crippen LogP contribution is 2.22. The number of aliphatic hydroxyl groups excluding tert-OH is 1. The second-order valence-corrected chi connectivity index (χ2v) is 5.81. The van der Waals surface area contributed by atoms with Crippen molar-refractivity contribution < 1.29 is 14.6 Å². The molecule has 22 heavy (non-hydrogen) atoms. The summed E-state index contributed by atoms with van der Waals surface area (Å²) >= 11 is 0. The molecule has 1 unspecified atom stereocenters. The molecule has 0 aromatic heterocycles. The van der Waals surface area contributed by atoms with Crippen LogP contribution in [0, 0.1) is 5.92 Å². The summed E-state index contributed by atoms with van der Waals surface area (Å²) < 4.78 is 5.83. The first-order chi connectivity index (χ1) is 10.5. The van der Waals surface area contributed by atoms with Crippen molar-refractivity contribution in [3.8, 4) is 5.75 Å². The van der Waals surface area contributed by atoms with Crippen LogP contribution in [-0.2, 0) is 4.79 Å². The van der Waals surface area contributed by atoms with E-state index in [0.717, 1.165) is 24.2 Å². The summed E-state index contributed by atoms with van der Waals surface area (Å²) in [5.74, 6) is 1.37. The molecule has 1 rings (SSSR count). The van der Waals surface area contributed by atoms with Gasteiger partial charge in [0.15, 0.2) is 0 Å². The molecule has 124 valence electrons. The predicted octanol–water partition coefficient (Wildman–Crippen LogP) is 3.40. The number of amides is 1. The number of hydrogen-bond donors (Lipinski definition) is 1. The van der Waals surface area contributed by atoms with Crippen LogP contribution >= 0.6 is 0 Å². The van der Waals surface area contributed by atoms with Crippen molar-refractivity contribution >= 4 is 5.91 Å². The predicted molar refractivity (Wildman–Crippen MR) is 88.9 cm³/mol. The number of hydrogen-bond acceptors (Lipinski definition) is 3. The van der Waals surface area contributed by atoms with Crippen LogP contribution in [-0.4, -0.2) is 36.1 Å². The Bertz CT molecular complexity index is 457. The first kappa shape index (κ1) is 18.5. The number of benzene rings is 1. The number of carbonyl (C=O) groups is 1. The van der Waals surface area contributed by atoms with Crippen molar-refractivity contribution in [3.63, 3.8) is 0 Å². The first-order valence-electron chi connectivity index (χ1n) is 8.10. The number of carbonyl (C=O) groups excluding carboxylic acids is 1. The monoisotopic (exact) mass is 307 g/mol. The SMILES string of the molecule is CCC(CC)COc1cccc(C(O)CCN(C)C(C)=O)c1. The molecule has 0 aliphatic heterocycles. The molecule has 1 aromatic rings.